The molecule has 1 fully saturated rings. The van der Waals surface area contributed by atoms with Crippen molar-refractivity contribution < 1.29 is 14.3 Å². The molecule has 0 spiro atoms. The molecule has 2 amide bonds. The summed E-state index contributed by atoms with van der Waals surface area (Å²) in [4.78, 5) is 25.1. The molecule has 0 unspecified atom stereocenters. The molecule has 0 aromatic rings. The minimum absolute atomic E-state index is 0.0319. The standard InChI is InChI=1S/C14H23N3O3/c1-14(2,3)20-13(19)16(4)9-11-7-12(18)17(15-11)8-10-5-6-10/h10H,5-9H2,1-4H3. The van der Waals surface area contributed by atoms with E-state index in [9.17, 15) is 9.59 Å². The minimum atomic E-state index is -0.517. The zero-order chi connectivity index (χ0) is 14.9. The maximum atomic E-state index is 11.8. The number of rotatable bonds is 4. The van der Waals surface area contributed by atoms with Gasteiger partial charge in [0.05, 0.1) is 18.7 Å². The molecule has 0 saturated heterocycles. The molecule has 2 rings (SSSR count). The van der Waals surface area contributed by atoms with Crippen LogP contribution in [0.15, 0.2) is 5.10 Å². The summed E-state index contributed by atoms with van der Waals surface area (Å²) in [5.41, 5.74) is 0.209. The third kappa shape index (κ3) is 4.21. The van der Waals surface area contributed by atoms with Crippen molar-refractivity contribution in [3.05, 3.63) is 0 Å². The average molecular weight is 281 g/mol. The molecule has 6 nitrogen and oxygen atoms in total. The highest BCUT2D eigenvalue weighted by Crippen LogP contribution is 2.30. The van der Waals surface area contributed by atoms with Crippen molar-refractivity contribution in [2.75, 3.05) is 20.1 Å². The molecule has 6 heteroatoms. The van der Waals surface area contributed by atoms with E-state index in [1.165, 1.54) is 17.7 Å². The van der Waals surface area contributed by atoms with Crippen molar-refractivity contribution in [3.8, 4) is 0 Å². The highest BCUT2D eigenvalue weighted by molar-refractivity contribution is 6.06. The lowest BCUT2D eigenvalue weighted by atomic mass is 10.2. The lowest BCUT2D eigenvalue weighted by molar-refractivity contribution is -0.128. The topological polar surface area (TPSA) is 62.2 Å². The lowest BCUT2D eigenvalue weighted by Gasteiger charge is -2.24. The molecule has 20 heavy (non-hydrogen) atoms. The van der Waals surface area contributed by atoms with Crippen LogP contribution in [0.1, 0.15) is 40.0 Å². The van der Waals surface area contributed by atoms with E-state index in [0.717, 1.165) is 12.3 Å². The zero-order valence-corrected chi connectivity index (χ0v) is 12.7. The van der Waals surface area contributed by atoms with Crippen LogP contribution in [-0.2, 0) is 9.53 Å². The Morgan fingerprint density at radius 1 is 1.45 bits per heavy atom. The highest BCUT2D eigenvalue weighted by atomic mass is 16.6. The van der Waals surface area contributed by atoms with Crippen LogP contribution < -0.4 is 0 Å². The van der Waals surface area contributed by atoms with Crippen LogP contribution in [0.4, 0.5) is 4.79 Å². The molecule has 0 aromatic heterocycles. The first-order chi connectivity index (χ1) is 9.24. The Morgan fingerprint density at radius 3 is 2.65 bits per heavy atom. The first-order valence-electron chi connectivity index (χ1n) is 7.05. The van der Waals surface area contributed by atoms with E-state index in [4.69, 9.17) is 4.74 Å². The van der Waals surface area contributed by atoms with E-state index in [0.29, 0.717) is 18.9 Å². The largest absolute Gasteiger partial charge is 0.444 e. The van der Waals surface area contributed by atoms with Gasteiger partial charge in [-0.2, -0.15) is 5.10 Å². The van der Waals surface area contributed by atoms with Crippen LogP contribution in [0.2, 0.25) is 0 Å². The molecule has 2 aliphatic rings. The molecule has 112 valence electrons. The third-order valence-electron chi connectivity index (χ3n) is 3.16. The lowest BCUT2D eigenvalue weighted by Crippen LogP contribution is -2.37. The van der Waals surface area contributed by atoms with Crippen LogP contribution in [-0.4, -0.2) is 53.4 Å². The van der Waals surface area contributed by atoms with Gasteiger partial charge in [0, 0.05) is 13.6 Å². The van der Waals surface area contributed by atoms with Crippen molar-refractivity contribution in [2.24, 2.45) is 11.0 Å². The molecule has 0 bridgehead atoms. The van der Waals surface area contributed by atoms with Gasteiger partial charge in [-0.25, -0.2) is 9.80 Å². The van der Waals surface area contributed by atoms with Crippen molar-refractivity contribution in [1.82, 2.24) is 9.91 Å². The number of carbonyl (C=O) groups excluding carboxylic acids is 2. The van der Waals surface area contributed by atoms with Gasteiger partial charge in [-0.05, 0) is 39.5 Å². The minimum Gasteiger partial charge on any atom is -0.444 e. The predicted octanol–water partition coefficient (Wildman–Crippen LogP) is 1.85. The summed E-state index contributed by atoms with van der Waals surface area (Å²) in [6.07, 6.45) is 2.28. The monoisotopic (exact) mass is 281 g/mol. The first-order valence-corrected chi connectivity index (χ1v) is 7.05. The Hall–Kier alpha value is -1.59. The molecule has 0 N–H and O–H groups in total. The predicted molar refractivity (Wildman–Crippen MR) is 75.4 cm³/mol. The fourth-order valence-electron chi connectivity index (χ4n) is 1.98. The molecule has 0 atom stereocenters. The molecular weight excluding hydrogens is 258 g/mol. The van der Waals surface area contributed by atoms with Gasteiger partial charge in [0.25, 0.3) is 0 Å². The van der Waals surface area contributed by atoms with E-state index in [1.54, 1.807) is 12.1 Å². The average Bonchev–Trinajstić information content (AvgIpc) is 3.03. The van der Waals surface area contributed by atoms with Crippen LogP contribution in [0, 0.1) is 5.92 Å². The summed E-state index contributed by atoms with van der Waals surface area (Å²) < 4.78 is 5.27. The maximum absolute atomic E-state index is 11.8. The molecule has 1 aliphatic heterocycles. The van der Waals surface area contributed by atoms with Gasteiger partial charge in [-0.1, -0.05) is 0 Å². The second kappa shape index (κ2) is 5.42. The summed E-state index contributed by atoms with van der Waals surface area (Å²) in [5, 5.41) is 5.87. The molecule has 1 aliphatic carbocycles. The number of hydrazone groups is 1. The number of amides is 2. The van der Waals surface area contributed by atoms with Gasteiger partial charge in [0.2, 0.25) is 5.91 Å². The maximum Gasteiger partial charge on any atom is 0.410 e. The molecule has 0 radical (unpaired) electrons. The van der Waals surface area contributed by atoms with E-state index in [1.807, 2.05) is 20.8 Å². The second-order valence-electron chi connectivity index (χ2n) is 6.60. The van der Waals surface area contributed by atoms with E-state index >= 15 is 0 Å². The number of nitrogens with zero attached hydrogens (tertiary/aromatic N) is 3. The van der Waals surface area contributed by atoms with Crippen molar-refractivity contribution in [1.29, 1.82) is 0 Å². The fourth-order valence-corrected chi connectivity index (χ4v) is 1.98. The zero-order valence-electron chi connectivity index (χ0n) is 12.7. The Labute approximate surface area is 119 Å². The number of ether oxygens (including phenoxy) is 1. The molecule has 1 saturated carbocycles. The van der Waals surface area contributed by atoms with Gasteiger partial charge < -0.3 is 9.64 Å². The number of hydrogen-bond donors (Lipinski definition) is 0. The Kier molecular flexibility index (Phi) is 4.01. The Balaban J connectivity index is 1.86. The van der Waals surface area contributed by atoms with Crippen molar-refractivity contribution in [2.45, 2.75) is 45.6 Å². The van der Waals surface area contributed by atoms with E-state index in [-0.39, 0.29) is 5.91 Å². The van der Waals surface area contributed by atoms with Crippen LogP contribution in [0.5, 0.6) is 0 Å². The summed E-state index contributed by atoms with van der Waals surface area (Å²) in [7, 11) is 1.66. The van der Waals surface area contributed by atoms with Gasteiger partial charge in [-0.15, -0.1) is 0 Å². The van der Waals surface area contributed by atoms with E-state index < -0.39 is 11.7 Å². The number of carbonyl (C=O) groups is 2. The van der Waals surface area contributed by atoms with Crippen LogP contribution in [0.25, 0.3) is 0 Å². The third-order valence-corrected chi connectivity index (χ3v) is 3.16. The second-order valence-corrected chi connectivity index (χ2v) is 6.60. The summed E-state index contributed by atoms with van der Waals surface area (Å²) in [6, 6.07) is 0. The molecular formula is C14H23N3O3. The highest BCUT2D eigenvalue weighted by Gasteiger charge is 2.31. The fraction of sp³-hybridized carbons (Fsp3) is 0.786. The van der Waals surface area contributed by atoms with Gasteiger partial charge in [0.1, 0.15) is 5.60 Å². The van der Waals surface area contributed by atoms with Gasteiger partial charge in [-0.3, -0.25) is 4.79 Å². The van der Waals surface area contributed by atoms with E-state index in [2.05, 4.69) is 5.10 Å². The molecule has 1 heterocycles. The quantitative estimate of drug-likeness (QED) is 0.790. The number of hydrogen-bond acceptors (Lipinski definition) is 4. The van der Waals surface area contributed by atoms with Crippen molar-refractivity contribution in [3.63, 3.8) is 0 Å². The van der Waals surface area contributed by atoms with Crippen LogP contribution >= 0.6 is 0 Å². The van der Waals surface area contributed by atoms with Crippen molar-refractivity contribution >= 4 is 17.7 Å². The van der Waals surface area contributed by atoms with Crippen LogP contribution in [0.3, 0.4) is 0 Å². The normalized spacial score (nSPS) is 19.1. The Bertz CT molecular complexity index is 435. The smallest absolute Gasteiger partial charge is 0.410 e. The molecule has 0 aromatic carbocycles. The summed E-state index contributed by atoms with van der Waals surface area (Å²) >= 11 is 0. The van der Waals surface area contributed by atoms with Gasteiger partial charge >= 0.3 is 6.09 Å². The summed E-state index contributed by atoms with van der Waals surface area (Å²) in [6.45, 7) is 6.53. The summed E-state index contributed by atoms with van der Waals surface area (Å²) in [5.74, 6) is 0.648. The SMILES string of the molecule is CN(CC1=NN(CC2CC2)C(=O)C1)C(=O)OC(C)(C)C. The Morgan fingerprint density at radius 2 is 2.10 bits per heavy atom. The van der Waals surface area contributed by atoms with Gasteiger partial charge in [0.15, 0.2) is 0 Å². The first kappa shape index (κ1) is 14.8.